The lowest BCUT2D eigenvalue weighted by molar-refractivity contribution is -0.132. The zero-order valence-electron chi connectivity index (χ0n) is 13.4. The number of nitriles is 1. The number of rotatable bonds is 4. The van der Waals surface area contributed by atoms with E-state index in [1.165, 1.54) is 11.1 Å². The largest absolute Gasteiger partial charge is 0.341 e. The van der Waals surface area contributed by atoms with Crippen molar-refractivity contribution in [1.29, 1.82) is 5.26 Å². The Morgan fingerprint density at radius 3 is 2.91 bits per heavy atom. The second-order valence-electron chi connectivity index (χ2n) is 6.47. The topological polar surface area (TPSA) is 80.2 Å². The van der Waals surface area contributed by atoms with Gasteiger partial charge in [0.1, 0.15) is 6.04 Å². The van der Waals surface area contributed by atoms with Crippen LogP contribution in [0.3, 0.4) is 0 Å². The predicted molar refractivity (Wildman–Crippen MR) is 86.9 cm³/mol. The van der Waals surface area contributed by atoms with E-state index in [1.807, 2.05) is 11.1 Å². The summed E-state index contributed by atoms with van der Waals surface area (Å²) in [5, 5.41) is 11.3. The molecule has 0 saturated carbocycles. The first-order valence-corrected chi connectivity index (χ1v) is 8.15. The van der Waals surface area contributed by atoms with Crippen molar-refractivity contribution in [2.45, 2.75) is 31.8 Å². The number of hydrazine groups is 1. The standard InChI is InChI=1S/C17H23N5O/c1-12-2-4-14(5-3-12)15-8-16(21-20-15)17(23)22-7-6-13(10-22)9-19-11-18/h2-5,13,15-16,19-21H,6-10H2,1H3/t13-,15?,16?/m1/s1. The number of carbonyl (C=O) groups is 1. The van der Waals surface area contributed by atoms with Gasteiger partial charge in [-0.15, -0.1) is 0 Å². The molecular weight excluding hydrogens is 290 g/mol. The summed E-state index contributed by atoms with van der Waals surface area (Å²) in [6.07, 6.45) is 3.67. The number of carbonyl (C=O) groups excluding carboxylic acids is 1. The summed E-state index contributed by atoms with van der Waals surface area (Å²) in [5.74, 6) is 0.535. The lowest BCUT2D eigenvalue weighted by Gasteiger charge is -2.20. The van der Waals surface area contributed by atoms with E-state index in [4.69, 9.17) is 5.26 Å². The molecule has 6 nitrogen and oxygen atoms in total. The van der Waals surface area contributed by atoms with Crippen LogP contribution in [0.25, 0.3) is 0 Å². The first-order valence-electron chi connectivity index (χ1n) is 8.15. The molecule has 1 aromatic rings. The smallest absolute Gasteiger partial charge is 0.241 e. The van der Waals surface area contributed by atoms with Crippen molar-refractivity contribution < 1.29 is 4.79 Å². The number of hydrogen-bond donors (Lipinski definition) is 3. The average molecular weight is 313 g/mol. The molecule has 0 bridgehead atoms. The number of hydrogen-bond acceptors (Lipinski definition) is 5. The highest BCUT2D eigenvalue weighted by Crippen LogP contribution is 2.25. The highest BCUT2D eigenvalue weighted by atomic mass is 16.2. The molecule has 2 fully saturated rings. The molecule has 122 valence electrons. The van der Waals surface area contributed by atoms with Crippen LogP contribution in [0.15, 0.2) is 24.3 Å². The van der Waals surface area contributed by atoms with Gasteiger partial charge >= 0.3 is 0 Å². The van der Waals surface area contributed by atoms with Gasteiger partial charge in [0.15, 0.2) is 6.19 Å². The Labute approximate surface area is 136 Å². The van der Waals surface area contributed by atoms with Crippen molar-refractivity contribution in [3.63, 3.8) is 0 Å². The molecule has 3 rings (SSSR count). The lowest BCUT2D eigenvalue weighted by atomic mass is 10.0. The molecule has 2 aliphatic heterocycles. The van der Waals surface area contributed by atoms with E-state index in [9.17, 15) is 4.79 Å². The summed E-state index contributed by atoms with van der Waals surface area (Å²) in [7, 11) is 0. The van der Waals surface area contributed by atoms with Crippen LogP contribution in [0.4, 0.5) is 0 Å². The molecule has 3 N–H and O–H groups in total. The molecule has 0 aliphatic carbocycles. The minimum atomic E-state index is -0.177. The maximum atomic E-state index is 12.6. The van der Waals surface area contributed by atoms with Crippen LogP contribution in [-0.4, -0.2) is 36.5 Å². The van der Waals surface area contributed by atoms with E-state index < -0.39 is 0 Å². The van der Waals surface area contributed by atoms with Gasteiger partial charge in [0.25, 0.3) is 0 Å². The summed E-state index contributed by atoms with van der Waals surface area (Å²) in [6, 6.07) is 8.41. The lowest BCUT2D eigenvalue weighted by Crippen LogP contribution is -2.45. The van der Waals surface area contributed by atoms with E-state index in [-0.39, 0.29) is 18.0 Å². The van der Waals surface area contributed by atoms with Crippen LogP contribution < -0.4 is 16.2 Å². The van der Waals surface area contributed by atoms with Gasteiger partial charge in [-0.25, -0.2) is 10.9 Å². The first kappa shape index (κ1) is 15.8. The fourth-order valence-electron chi connectivity index (χ4n) is 3.35. The Kier molecular flexibility index (Phi) is 4.79. The molecule has 0 radical (unpaired) electrons. The third-order valence-corrected chi connectivity index (χ3v) is 4.75. The predicted octanol–water partition coefficient (Wildman–Crippen LogP) is 0.822. The van der Waals surface area contributed by atoms with Gasteiger partial charge < -0.3 is 10.2 Å². The molecule has 6 heteroatoms. The Hall–Kier alpha value is -2.10. The van der Waals surface area contributed by atoms with Gasteiger partial charge in [0.05, 0.1) is 0 Å². The molecule has 2 heterocycles. The van der Waals surface area contributed by atoms with Gasteiger partial charge in [-0.05, 0) is 31.2 Å². The zero-order chi connectivity index (χ0) is 16.2. The monoisotopic (exact) mass is 313 g/mol. The number of nitrogens with one attached hydrogen (secondary N) is 3. The third-order valence-electron chi connectivity index (χ3n) is 4.75. The Bertz CT molecular complexity index is 594. The normalized spacial score (nSPS) is 27.0. The van der Waals surface area contributed by atoms with Crippen molar-refractivity contribution in [2.24, 2.45) is 5.92 Å². The summed E-state index contributed by atoms with van der Waals surface area (Å²) >= 11 is 0. The number of amides is 1. The minimum Gasteiger partial charge on any atom is -0.341 e. The van der Waals surface area contributed by atoms with Crippen LogP contribution in [0.5, 0.6) is 0 Å². The Balaban J connectivity index is 1.54. The van der Waals surface area contributed by atoms with Gasteiger partial charge in [0, 0.05) is 25.7 Å². The van der Waals surface area contributed by atoms with Crippen LogP contribution in [-0.2, 0) is 4.79 Å². The first-order chi connectivity index (χ1) is 11.2. The van der Waals surface area contributed by atoms with E-state index in [2.05, 4.69) is 47.4 Å². The van der Waals surface area contributed by atoms with Crippen molar-refractivity contribution >= 4 is 5.91 Å². The molecule has 0 aromatic heterocycles. The SMILES string of the molecule is Cc1ccc(C2CC(C(=O)N3CC[C@H](CNC#N)C3)NN2)cc1. The number of aryl methyl sites for hydroxylation is 1. The van der Waals surface area contributed by atoms with Crippen molar-refractivity contribution in [3.05, 3.63) is 35.4 Å². The van der Waals surface area contributed by atoms with Crippen LogP contribution in [0.1, 0.15) is 30.0 Å². The highest BCUT2D eigenvalue weighted by Gasteiger charge is 2.35. The fourth-order valence-corrected chi connectivity index (χ4v) is 3.35. The molecule has 0 spiro atoms. The van der Waals surface area contributed by atoms with E-state index in [1.54, 1.807) is 0 Å². The molecule has 2 saturated heterocycles. The van der Waals surface area contributed by atoms with Gasteiger partial charge in [-0.3, -0.25) is 4.79 Å². The van der Waals surface area contributed by atoms with Crippen LogP contribution >= 0.6 is 0 Å². The van der Waals surface area contributed by atoms with Crippen molar-refractivity contribution in [2.75, 3.05) is 19.6 Å². The van der Waals surface area contributed by atoms with Crippen LogP contribution in [0.2, 0.25) is 0 Å². The zero-order valence-corrected chi connectivity index (χ0v) is 13.4. The quantitative estimate of drug-likeness (QED) is 0.566. The van der Waals surface area contributed by atoms with E-state index >= 15 is 0 Å². The fraction of sp³-hybridized carbons (Fsp3) is 0.529. The number of likely N-dealkylation sites (tertiary alicyclic amines) is 1. The Morgan fingerprint density at radius 2 is 2.17 bits per heavy atom. The summed E-state index contributed by atoms with van der Waals surface area (Å²) in [5.41, 5.74) is 8.83. The second kappa shape index (κ2) is 6.99. The van der Waals surface area contributed by atoms with E-state index in [0.717, 1.165) is 25.9 Å². The molecule has 1 amide bonds. The second-order valence-corrected chi connectivity index (χ2v) is 6.47. The van der Waals surface area contributed by atoms with Gasteiger partial charge in [0.2, 0.25) is 5.91 Å². The molecule has 1 aromatic carbocycles. The van der Waals surface area contributed by atoms with Gasteiger partial charge in [-0.1, -0.05) is 29.8 Å². The van der Waals surface area contributed by atoms with Gasteiger partial charge in [-0.2, -0.15) is 5.26 Å². The highest BCUT2D eigenvalue weighted by molar-refractivity contribution is 5.82. The minimum absolute atomic E-state index is 0.159. The maximum absolute atomic E-state index is 12.6. The molecule has 2 aliphatic rings. The van der Waals surface area contributed by atoms with Crippen LogP contribution in [0, 0.1) is 24.3 Å². The molecule has 2 unspecified atom stereocenters. The van der Waals surface area contributed by atoms with Crippen molar-refractivity contribution in [3.8, 4) is 6.19 Å². The molecule has 3 atom stereocenters. The average Bonchev–Trinajstić information content (AvgIpc) is 3.22. The Morgan fingerprint density at radius 1 is 1.39 bits per heavy atom. The number of benzene rings is 1. The summed E-state index contributed by atoms with van der Waals surface area (Å²) < 4.78 is 0. The number of nitrogens with zero attached hydrogens (tertiary/aromatic N) is 2. The maximum Gasteiger partial charge on any atom is 0.241 e. The molecular formula is C17H23N5O. The summed E-state index contributed by atoms with van der Waals surface area (Å²) in [6.45, 7) is 4.24. The third kappa shape index (κ3) is 3.63. The van der Waals surface area contributed by atoms with Crippen molar-refractivity contribution in [1.82, 2.24) is 21.1 Å². The summed E-state index contributed by atoms with van der Waals surface area (Å²) in [4.78, 5) is 14.6. The molecule has 23 heavy (non-hydrogen) atoms. The van der Waals surface area contributed by atoms with E-state index in [0.29, 0.717) is 12.5 Å².